The number of hydrogen-bond donors (Lipinski definition) is 0. The second-order valence-corrected chi connectivity index (χ2v) is 4.76. The van der Waals surface area contributed by atoms with Crippen LogP contribution >= 0.6 is 0 Å². The molecule has 0 saturated carbocycles. The molecule has 0 N–H and O–H groups in total. The Balaban J connectivity index is 1.94. The summed E-state index contributed by atoms with van der Waals surface area (Å²) in [4.78, 5) is 6.63. The number of aliphatic imine (C=N–C) groups is 1. The van der Waals surface area contributed by atoms with Crippen molar-refractivity contribution in [3.63, 3.8) is 0 Å². The van der Waals surface area contributed by atoms with E-state index in [1.54, 1.807) is 0 Å². The molecular weight excluding hydrogens is 248 g/mol. The molecule has 0 aliphatic carbocycles. The van der Waals surface area contributed by atoms with Gasteiger partial charge in [0.25, 0.3) is 0 Å². The summed E-state index contributed by atoms with van der Waals surface area (Å²) in [7, 11) is 0. The minimum atomic E-state index is 0.425. The Kier molecular flexibility index (Phi) is 3.79. The van der Waals surface area contributed by atoms with Crippen LogP contribution in [0.25, 0.3) is 0 Å². The molecule has 1 aliphatic heterocycles. The second kappa shape index (κ2) is 5.88. The molecule has 0 radical (unpaired) electrons. The lowest BCUT2D eigenvalue weighted by Crippen LogP contribution is -2.37. The van der Waals surface area contributed by atoms with Crippen LogP contribution < -0.4 is 4.90 Å². The molecule has 3 heteroatoms. The maximum absolute atomic E-state index is 5.47. The molecule has 2 aromatic rings. The summed E-state index contributed by atoms with van der Waals surface area (Å²) >= 11 is 0. The summed E-state index contributed by atoms with van der Waals surface area (Å²) in [5.41, 5.74) is 3.58. The predicted molar refractivity (Wildman–Crippen MR) is 82.1 cm³/mol. The average molecular weight is 266 g/mol. The number of hydrogen-bond acceptors (Lipinski definition) is 3. The summed E-state index contributed by atoms with van der Waals surface area (Å²) in [6, 6.07) is 18.8. The molecule has 0 saturated heterocycles. The molecule has 0 bridgehead atoms. The molecule has 2 aromatic carbocycles. The number of aryl methyl sites for hydroxylation is 1. The molecule has 3 nitrogen and oxygen atoms in total. The van der Waals surface area contributed by atoms with Crippen LogP contribution in [0.3, 0.4) is 0 Å². The van der Waals surface area contributed by atoms with Gasteiger partial charge < -0.3 is 9.64 Å². The zero-order valence-corrected chi connectivity index (χ0v) is 11.6. The monoisotopic (exact) mass is 266 g/mol. The molecule has 0 fully saturated rings. The summed E-state index contributed by atoms with van der Waals surface area (Å²) in [6.07, 6.45) is 1.05. The normalized spacial score (nSPS) is 15.1. The van der Waals surface area contributed by atoms with E-state index < -0.39 is 0 Å². The smallest absolute Gasteiger partial charge is 0.142 e. The van der Waals surface area contributed by atoms with Crippen molar-refractivity contribution in [2.75, 3.05) is 18.4 Å². The average Bonchev–Trinajstić information content (AvgIpc) is 2.56. The van der Waals surface area contributed by atoms with Crippen molar-refractivity contribution in [3.05, 3.63) is 65.7 Å². The van der Waals surface area contributed by atoms with E-state index >= 15 is 0 Å². The van der Waals surface area contributed by atoms with E-state index in [0.717, 1.165) is 23.5 Å². The molecule has 1 aliphatic rings. The van der Waals surface area contributed by atoms with Crippen molar-refractivity contribution in [1.29, 1.82) is 0 Å². The zero-order valence-electron chi connectivity index (χ0n) is 11.6. The molecule has 20 heavy (non-hydrogen) atoms. The van der Waals surface area contributed by atoms with E-state index in [0.29, 0.717) is 13.5 Å². The van der Waals surface area contributed by atoms with Crippen molar-refractivity contribution in [2.45, 2.75) is 13.3 Å². The topological polar surface area (TPSA) is 24.8 Å². The zero-order chi connectivity index (χ0) is 13.8. The van der Waals surface area contributed by atoms with Gasteiger partial charge in [0.2, 0.25) is 0 Å². The third kappa shape index (κ3) is 2.58. The first-order chi connectivity index (χ1) is 9.88. The fourth-order valence-electron chi connectivity index (χ4n) is 2.33. The maximum Gasteiger partial charge on any atom is 0.142 e. The molecule has 0 unspecified atom stereocenters. The van der Waals surface area contributed by atoms with E-state index in [4.69, 9.17) is 4.74 Å². The fourth-order valence-corrected chi connectivity index (χ4v) is 2.33. The highest BCUT2D eigenvalue weighted by atomic mass is 16.5. The van der Waals surface area contributed by atoms with E-state index in [2.05, 4.69) is 53.2 Å². The van der Waals surface area contributed by atoms with Crippen molar-refractivity contribution in [1.82, 2.24) is 0 Å². The lowest BCUT2D eigenvalue weighted by molar-refractivity contribution is 0.141. The van der Waals surface area contributed by atoms with Gasteiger partial charge in [0.15, 0.2) is 0 Å². The lowest BCUT2D eigenvalue weighted by atomic mass is 10.1. The van der Waals surface area contributed by atoms with Crippen LogP contribution in [0, 0.1) is 0 Å². The van der Waals surface area contributed by atoms with Crippen molar-refractivity contribution < 1.29 is 4.74 Å². The number of rotatable bonds is 3. The van der Waals surface area contributed by atoms with Crippen LogP contribution in [0.5, 0.6) is 0 Å². The van der Waals surface area contributed by atoms with Gasteiger partial charge in [0, 0.05) is 11.3 Å². The Morgan fingerprint density at radius 3 is 2.50 bits per heavy atom. The minimum Gasteiger partial charge on any atom is -0.339 e. The van der Waals surface area contributed by atoms with Crippen molar-refractivity contribution in [3.8, 4) is 0 Å². The number of anilines is 1. The van der Waals surface area contributed by atoms with Crippen LogP contribution in [0.2, 0.25) is 0 Å². The number of para-hydroxylation sites is 1. The van der Waals surface area contributed by atoms with Gasteiger partial charge in [-0.25, -0.2) is 4.99 Å². The third-order valence-electron chi connectivity index (χ3n) is 3.47. The van der Waals surface area contributed by atoms with Crippen LogP contribution in [0.15, 0.2) is 59.6 Å². The Morgan fingerprint density at radius 1 is 1.05 bits per heavy atom. The SMILES string of the molecule is CCc1ccc(C2=NCOCN2c2ccccc2)cc1. The highest BCUT2D eigenvalue weighted by molar-refractivity contribution is 6.10. The van der Waals surface area contributed by atoms with Gasteiger partial charge in [-0.3, -0.25) is 0 Å². The Labute approximate surface area is 119 Å². The molecule has 0 atom stereocenters. The Hall–Kier alpha value is -2.13. The quantitative estimate of drug-likeness (QED) is 0.850. The minimum absolute atomic E-state index is 0.425. The summed E-state index contributed by atoms with van der Waals surface area (Å²) in [6.45, 7) is 3.13. The summed E-state index contributed by atoms with van der Waals surface area (Å²) in [5, 5.41) is 0. The van der Waals surface area contributed by atoms with Gasteiger partial charge in [-0.1, -0.05) is 49.4 Å². The van der Waals surface area contributed by atoms with E-state index in [1.807, 2.05) is 18.2 Å². The van der Waals surface area contributed by atoms with Crippen molar-refractivity contribution in [2.24, 2.45) is 4.99 Å². The van der Waals surface area contributed by atoms with Gasteiger partial charge in [-0.05, 0) is 24.1 Å². The third-order valence-corrected chi connectivity index (χ3v) is 3.47. The largest absolute Gasteiger partial charge is 0.339 e. The fraction of sp³-hybridized carbons (Fsp3) is 0.235. The first-order valence-electron chi connectivity index (χ1n) is 6.92. The number of ether oxygens (including phenoxy) is 1. The van der Waals surface area contributed by atoms with Gasteiger partial charge in [0.1, 0.15) is 19.3 Å². The molecule has 1 heterocycles. The second-order valence-electron chi connectivity index (χ2n) is 4.76. The van der Waals surface area contributed by atoms with Gasteiger partial charge in [0.05, 0.1) is 0 Å². The Morgan fingerprint density at radius 2 is 1.80 bits per heavy atom. The Bertz CT molecular complexity index is 590. The van der Waals surface area contributed by atoms with Gasteiger partial charge in [-0.15, -0.1) is 0 Å². The molecule has 0 spiro atoms. The van der Waals surface area contributed by atoms with Crippen molar-refractivity contribution >= 4 is 11.5 Å². The molecular formula is C17H18N2O. The predicted octanol–water partition coefficient (Wildman–Crippen LogP) is 3.45. The molecule has 0 aromatic heterocycles. The highest BCUT2D eigenvalue weighted by Gasteiger charge is 2.18. The highest BCUT2D eigenvalue weighted by Crippen LogP contribution is 2.20. The maximum atomic E-state index is 5.47. The first kappa shape index (κ1) is 12.9. The summed E-state index contributed by atoms with van der Waals surface area (Å²) < 4.78 is 5.47. The van der Waals surface area contributed by atoms with Crippen LogP contribution in [-0.4, -0.2) is 19.3 Å². The summed E-state index contributed by atoms with van der Waals surface area (Å²) in [5.74, 6) is 0.977. The molecule has 0 amide bonds. The van der Waals surface area contributed by atoms with Crippen LogP contribution in [-0.2, 0) is 11.2 Å². The van der Waals surface area contributed by atoms with Gasteiger partial charge >= 0.3 is 0 Å². The van der Waals surface area contributed by atoms with E-state index in [-0.39, 0.29) is 0 Å². The number of nitrogens with zero attached hydrogens (tertiary/aromatic N) is 2. The number of benzene rings is 2. The van der Waals surface area contributed by atoms with Gasteiger partial charge in [-0.2, -0.15) is 0 Å². The van der Waals surface area contributed by atoms with E-state index in [1.165, 1.54) is 5.56 Å². The molecule has 102 valence electrons. The number of amidine groups is 1. The molecule has 3 rings (SSSR count). The first-order valence-corrected chi connectivity index (χ1v) is 6.92. The lowest BCUT2D eigenvalue weighted by Gasteiger charge is -2.29. The standard InChI is InChI=1S/C17H18N2O/c1-2-14-8-10-15(11-9-14)17-18-12-20-13-19(17)16-6-4-3-5-7-16/h3-11H,2,12-13H2,1H3. The van der Waals surface area contributed by atoms with Crippen LogP contribution in [0.4, 0.5) is 5.69 Å². The van der Waals surface area contributed by atoms with E-state index in [9.17, 15) is 0 Å². The van der Waals surface area contributed by atoms with Crippen LogP contribution in [0.1, 0.15) is 18.1 Å².